The van der Waals surface area contributed by atoms with Crippen molar-refractivity contribution in [2.45, 2.75) is 64.5 Å². The molecule has 0 amide bonds. The van der Waals surface area contributed by atoms with Gasteiger partial charge in [-0.1, -0.05) is 6.42 Å². The molecule has 3 fully saturated rings. The zero-order valence-corrected chi connectivity index (χ0v) is 15.9. The van der Waals surface area contributed by atoms with Crippen molar-refractivity contribution in [3.05, 3.63) is 0 Å². The van der Waals surface area contributed by atoms with Crippen molar-refractivity contribution >= 4 is 11.9 Å². The lowest BCUT2D eigenvalue weighted by molar-refractivity contribution is -0.169. The van der Waals surface area contributed by atoms with Gasteiger partial charge in [0.2, 0.25) is 0 Å². The molecule has 1 aliphatic heterocycles. The van der Waals surface area contributed by atoms with E-state index in [4.69, 9.17) is 9.47 Å². The molecule has 2 aliphatic carbocycles. The first-order chi connectivity index (χ1) is 12.1. The van der Waals surface area contributed by atoms with Crippen molar-refractivity contribution in [3.63, 3.8) is 0 Å². The molecule has 0 radical (unpaired) electrons. The van der Waals surface area contributed by atoms with Gasteiger partial charge in [-0.3, -0.25) is 9.79 Å². The smallest absolute Gasteiger partial charge is 0.310 e. The number of rotatable bonds is 5. The third kappa shape index (κ3) is 3.50. The van der Waals surface area contributed by atoms with Crippen LogP contribution in [0.15, 0.2) is 4.99 Å². The number of piperidine rings is 1. The zero-order chi connectivity index (χ0) is 17.9. The Labute approximate surface area is 151 Å². The number of hydrogen-bond acceptors (Lipinski definition) is 4. The molecule has 0 bridgehead atoms. The van der Waals surface area contributed by atoms with Crippen LogP contribution in [0.25, 0.3) is 0 Å². The molecule has 3 aliphatic rings. The fraction of sp³-hybridized carbons (Fsp3) is 0.895. The molecule has 1 saturated heterocycles. The number of carbonyl (C=O) groups excluding carboxylic acids is 1. The second-order valence-electron chi connectivity index (χ2n) is 7.55. The number of nitrogens with one attached hydrogen (secondary N) is 1. The second-order valence-corrected chi connectivity index (χ2v) is 7.55. The lowest BCUT2D eigenvalue weighted by atomic mass is 9.51. The highest BCUT2D eigenvalue weighted by Crippen LogP contribution is 2.57. The van der Waals surface area contributed by atoms with E-state index in [0.29, 0.717) is 30.7 Å². The van der Waals surface area contributed by atoms with Crippen LogP contribution in [0.2, 0.25) is 0 Å². The van der Waals surface area contributed by atoms with Crippen LogP contribution in [-0.4, -0.2) is 62.3 Å². The minimum atomic E-state index is -0.0711. The van der Waals surface area contributed by atoms with E-state index in [1.54, 1.807) is 0 Å². The van der Waals surface area contributed by atoms with Crippen molar-refractivity contribution in [2.24, 2.45) is 16.3 Å². The topological polar surface area (TPSA) is 63.2 Å². The first-order valence-corrected chi connectivity index (χ1v) is 9.91. The van der Waals surface area contributed by atoms with Crippen molar-refractivity contribution in [1.29, 1.82) is 0 Å². The largest absolute Gasteiger partial charge is 0.466 e. The third-order valence-corrected chi connectivity index (χ3v) is 6.29. The summed E-state index contributed by atoms with van der Waals surface area (Å²) < 4.78 is 11.2. The van der Waals surface area contributed by atoms with Crippen LogP contribution >= 0.6 is 0 Å². The number of ether oxygens (including phenoxy) is 2. The summed E-state index contributed by atoms with van der Waals surface area (Å²) in [6.07, 6.45) is 7.16. The first-order valence-electron chi connectivity index (χ1n) is 9.91. The molecule has 3 atom stereocenters. The summed E-state index contributed by atoms with van der Waals surface area (Å²) >= 11 is 0. The Hall–Kier alpha value is -1.30. The minimum Gasteiger partial charge on any atom is -0.466 e. The van der Waals surface area contributed by atoms with Gasteiger partial charge in [-0.2, -0.15) is 0 Å². The summed E-state index contributed by atoms with van der Waals surface area (Å²) in [4.78, 5) is 18.8. The monoisotopic (exact) mass is 351 g/mol. The molecule has 1 heterocycles. The van der Waals surface area contributed by atoms with Gasteiger partial charge in [0, 0.05) is 38.2 Å². The molecule has 6 nitrogen and oxygen atoms in total. The van der Waals surface area contributed by atoms with Crippen molar-refractivity contribution in [2.75, 3.05) is 33.4 Å². The van der Waals surface area contributed by atoms with E-state index in [9.17, 15) is 4.79 Å². The van der Waals surface area contributed by atoms with Gasteiger partial charge < -0.3 is 19.7 Å². The molecular weight excluding hydrogens is 318 g/mol. The van der Waals surface area contributed by atoms with Gasteiger partial charge >= 0.3 is 5.97 Å². The summed E-state index contributed by atoms with van der Waals surface area (Å²) in [6.45, 7) is 6.84. The van der Waals surface area contributed by atoms with Crippen LogP contribution in [0.4, 0.5) is 0 Å². The first kappa shape index (κ1) is 18.5. The number of aliphatic imine (C=N–C) groups is 1. The fourth-order valence-electron chi connectivity index (χ4n) is 4.72. The molecular formula is C19H33N3O3. The summed E-state index contributed by atoms with van der Waals surface area (Å²) in [7, 11) is 1.84. The SMILES string of the molecule is CCOC(=O)C1CCCN(C(=NC)NC2CC(OCC)C23CCC3)C1. The number of likely N-dealkylation sites (tertiary alicyclic amines) is 1. The predicted molar refractivity (Wildman–Crippen MR) is 97.5 cm³/mol. The standard InChI is InChI=1S/C19H33N3O3/c1-4-24-16-12-15(19(16)9-7-10-19)21-18(20-3)22-11-6-8-14(13-22)17(23)25-5-2/h14-16H,4-13H2,1-3H3,(H,20,21). The average molecular weight is 351 g/mol. The van der Waals surface area contributed by atoms with Crippen LogP contribution in [0.5, 0.6) is 0 Å². The number of nitrogens with zero attached hydrogens (tertiary/aromatic N) is 2. The van der Waals surface area contributed by atoms with E-state index in [-0.39, 0.29) is 11.9 Å². The van der Waals surface area contributed by atoms with E-state index in [1.165, 1.54) is 19.3 Å². The van der Waals surface area contributed by atoms with Crippen molar-refractivity contribution in [1.82, 2.24) is 10.2 Å². The summed E-state index contributed by atoms with van der Waals surface area (Å²) in [5, 5.41) is 3.69. The van der Waals surface area contributed by atoms with Crippen LogP contribution in [0, 0.1) is 11.3 Å². The van der Waals surface area contributed by atoms with Gasteiger partial charge in [0.1, 0.15) is 0 Å². The molecule has 0 aromatic heterocycles. The Bertz CT molecular complexity index is 504. The molecule has 2 saturated carbocycles. The molecule has 0 aromatic rings. The molecule has 3 rings (SSSR count). The van der Waals surface area contributed by atoms with Crippen molar-refractivity contribution in [3.8, 4) is 0 Å². The predicted octanol–water partition coefficient (Wildman–Crippen LogP) is 2.18. The van der Waals surface area contributed by atoms with E-state index in [1.807, 2.05) is 14.0 Å². The fourth-order valence-corrected chi connectivity index (χ4v) is 4.72. The number of carbonyl (C=O) groups is 1. The maximum absolute atomic E-state index is 12.1. The Balaban J connectivity index is 1.59. The zero-order valence-electron chi connectivity index (χ0n) is 15.9. The van der Waals surface area contributed by atoms with Gasteiger partial charge in [0.05, 0.1) is 18.6 Å². The van der Waals surface area contributed by atoms with Crippen LogP contribution in [0.3, 0.4) is 0 Å². The third-order valence-electron chi connectivity index (χ3n) is 6.29. The highest BCUT2D eigenvalue weighted by atomic mass is 16.5. The van der Waals surface area contributed by atoms with Crippen molar-refractivity contribution < 1.29 is 14.3 Å². The molecule has 1 N–H and O–H groups in total. The van der Waals surface area contributed by atoms with Gasteiger partial charge in [-0.25, -0.2) is 0 Å². The summed E-state index contributed by atoms with van der Waals surface area (Å²) in [5.41, 5.74) is 0.308. The molecule has 3 unspecified atom stereocenters. The quantitative estimate of drug-likeness (QED) is 0.467. The molecule has 6 heteroatoms. The van der Waals surface area contributed by atoms with E-state index >= 15 is 0 Å². The number of esters is 1. The number of guanidine groups is 1. The molecule has 0 aromatic carbocycles. The minimum absolute atomic E-state index is 0.0394. The Morgan fingerprint density at radius 2 is 2.08 bits per heavy atom. The van der Waals surface area contributed by atoms with Crippen LogP contribution < -0.4 is 5.32 Å². The normalized spacial score (nSPS) is 31.2. The van der Waals surface area contributed by atoms with Crippen LogP contribution in [0.1, 0.15) is 52.4 Å². The summed E-state index contributed by atoms with van der Waals surface area (Å²) in [5.74, 6) is 0.820. The van der Waals surface area contributed by atoms with Gasteiger partial charge in [0.15, 0.2) is 5.96 Å². The lowest BCUT2D eigenvalue weighted by Gasteiger charge is -2.61. The lowest BCUT2D eigenvalue weighted by Crippen LogP contribution is -2.69. The highest BCUT2D eigenvalue weighted by molar-refractivity contribution is 5.82. The Kier molecular flexibility index (Phi) is 5.87. The second kappa shape index (κ2) is 7.94. The van der Waals surface area contributed by atoms with Gasteiger partial charge in [-0.15, -0.1) is 0 Å². The maximum atomic E-state index is 12.1. The van der Waals surface area contributed by atoms with E-state index in [2.05, 4.69) is 22.1 Å². The Morgan fingerprint density at radius 3 is 2.68 bits per heavy atom. The number of hydrogen-bond donors (Lipinski definition) is 1. The highest BCUT2D eigenvalue weighted by Gasteiger charge is 2.59. The Morgan fingerprint density at radius 1 is 1.28 bits per heavy atom. The summed E-state index contributed by atoms with van der Waals surface area (Å²) in [6, 6.07) is 0.444. The van der Waals surface area contributed by atoms with E-state index < -0.39 is 0 Å². The van der Waals surface area contributed by atoms with Gasteiger partial charge in [0.25, 0.3) is 0 Å². The van der Waals surface area contributed by atoms with Gasteiger partial charge in [-0.05, 0) is 46.0 Å². The average Bonchev–Trinajstić information content (AvgIpc) is 2.56. The molecule has 1 spiro atoms. The van der Waals surface area contributed by atoms with Crippen LogP contribution in [-0.2, 0) is 14.3 Å². The molecule has 25 heavy (non-hydrogen) atoms. The molecule has 142 valence electrons. The maximum Gasteiger partial charge on any atom is 0.310 e. The van der Waals surface area contributed by atoms with E-state index in [0.717, 1.165) is 38.4 Å².